The molecule has 2 rings (SSSR count). The van der Waals surface area contributed by atoms with E-state index in [0.717, 1.165) is 10.8 Å². The Balaban J connectivity index is 2.92. The van der Waals surface area contributed by atoms with E-state index in [1.165, 1.54) is 0 Å². The van der Waals surface area contributed by atoms with Crippen molar-refractivity contribution in [2.75, 3.05) is 5.73 Å². The topological polar surface area (TPSA) is 46.2 Å². The number of benzene rings is 2. The van der Waals surface area contributed by atoms with Crippen LogP contribution in [0.15, 0.2) is 30.3 Å². The van der Waals surface area contributed by atoms with Gasteiger partial charge in [0.1, 0.15) is 5.75 Å². The SMILES string of the molecule is Nc1ccc(O)c2ccc(Cl)cc12. The Bertz CT molecular complexity index is 468. The molecule has 0 fully saturated rings. The molecule has 0 atom stereocenters. The molecule has 13 heavy (non-hydrogen) atoms. The molecule has 0 spiro atoms. The molecule has 0 saturated carbocycles. The molecule has 0 heterocycles. The van der Waals surface area contributed by atoms with Gasteiger partial charge in [0, 0.05) is 21.5 Å². The predicted octanol–water partition coefficient (Wildman–Crippen LogP) is 2.78. The zero-order valence-electron chi connectivity index (χ0n) is 6.79. The Morgan fingerprint density at radius 2 is 1.85 bits per heavy atom. The summed E-state index contributed by atoms with van der Waals surface area (Å²) in [5, 5.41) is 11.6. The van der Waals surface area contributed by atoms with E-state index in [0.29, 0.717) is 10.7 Å². The molecule has 0 amide bonds. The molecule has 0 aliphatic carbocycles. The van der Waals surface area contributed by atoms with Gasteiger partial charge in [-0.05, 0) is 30.3 Å². The minimum atomic E-state index is 0.223. The first-order valence-corrected chi connectivity index (χ1v) is 4.23. The van der Waals surface area contributed by atoms with Gasteiger partial charge in [-0.3, -0.25) is 0 Å². The number of phenols is 1. The summed E-state index contributed by atoms with van der Waals surface area (Å²) < 4.78 is 0. The van der Waals surface area contributed by atoms with Crippen molar-refractivity contribution in [2.24, 2.45) is 0 Å². The second-order valence-corrected chi connectivity index (χ2v) is 3.30. The number of hydrogen-bond acceptors (Lipinski definition) is 2. The second kappa shape index (κ2) is 2.82. The van der Waals surface area contributed by atoms with E-state index >= 15 is 0 Å². The summed E-state index contributed by atoms with van der Waals surface area (Å²) in [6.07, 6.45) is 0. The van der Waals surface area contributed by atoms with Crippen LogP contribution in [0.4, 0.5) is 5.69 Å². The molecule has 0 saturated heterocycles. The van der Waals surface area contributed by atoms with Gasteiger partial charge in [-0.1, -0.05) is 11.6 Å². The van der Waals surface area contributed by atoms with Crippen molar-refractivity contribution in [1.82, 2.24) is 0 Å². The molecule has 0 bridgehead atoms. The fraction of sp³-hybridized carbons (Fsp3) is 0. The molecule has 3 N–H and O–H groups in total. The normalized spacial score (nSPS) is 10.5. The Morgan fingerprint density at radius 1 is 1.08 bits per heavy atom. The third-order valence-corrected chi connectivity index (χ3v) is 2.22. The second-order valence-electron chi connectivity index (χ2n) is 2.86. The monoisotopic (exact) mass is 193 g/mol. The van der Waals surface area contributed by atoms with Gasteiger partial charge < -0.3 is 10.8 Å². The molecule has 0 aliphatic rings. The lowest BCUT2D eigenvalue weighted by molar-refractivity contribution is 0.481. The number of nitrogens with two attached hydrogens (primary N) is 1. The van der Waals surface area contributed by atoms with Crippen LogP contribution in [-0.2, 0) is 0 Å². The summed E-state index contributed by atoms with van der Waals surface area (Å²) in [7, 11) is 0. The third-order valence-electron chi connectivity index (χ3n) is 1.99. The molecule has 66 valence electrons. The standard InChI is InChI=1S/C10H8ClNO/c11-6-1-2-7-8(5-6)9(12)3-4-10(7)13/h1-5,13H,12H2. The van der Waals surface area contributed by atoms with Crippen LogP contribution in [0.5, 0.6) is 5.75 Å². The number of rotatable bonds is 0. The summed E-state index contributed by atoms with van der Waals surface area (Å²) in [4.78, 5) is 0. The van der Waals surface area contributed by atoms with E-state index < -0.39 is 0 Å². The fourth-order valence-corrected chi connectivity index (χ4v) is 1.50. The number of hydrogen-bond donors (Lipinski definition) is 2. The third kappa shape index (κ3) is 1.29. The minimum absolute atomic E-state index is 0.223. The Labute approximate surface area is 80.6 Å². The molecule has 2 aromatic rings. The highest BCUT2D eigenvalue weighted by Gasteiger charge is 2.02. The van der Waals surface area contributed by atoms with E-state index in [1.807, 2.05) is 0 Å². The quantitative estimate of drug-likeness (QED) is 0.499. The van der Waals surface area contributed by atoms with E-state index in [4.69, 9.17) is 17.3 Å². The van der Waals surface area contributed by atoms with Crippen molar-refractivity contribution in [1.29, 1.82) is 0 Å². The molecule has 0 unspecified atom stereocenters. The molecule has 0 aromatic heterocycles. The minimum Gasteiger partial charge on any atom is -0.507 e. The maximum absolute atomic E-state index is 9.49. The maximum atomic E-state index is 9.49. The average molecular weight is 194 g/mol. The Morgan fingerprint density at radius 3 is 2.62 bits per heavy atom. The van der Waals surface area contributed by atoms with E-state index in [-0.39, 0.29) is 5.75 Å². The fourth-order valence-electron chi connectivity index (χ4n) is 1.33. The summed E-state index contributed by atoms with van der Waals surface area (Å²) in [6, 6.07) is 8.46. The summed E-state index contributed by atoms with van der Waals surface area (Å²) in [5.41, 5.74) is 6.34. The zero-order valence-corrected chi connectivity index (χ0v) is 7.55. The van der Waals surface area contributed by atoms with Gasteiger partial charge in [-0.25, -0.2) is 0 Å². The number of nitrogen functional groups attached to an aromatic ring is 1. The highest BCUT2D eigenvalue weighted by Crippen LogP contribution is 2.30. The number of halogens is 1. The lowest BCUT2D eigenvalue weighted by atomic mass is 10.1. The van der Waals surface area contributed by atoms with E-state index in [2.05, 4.69) is 0 Å². The van der Waals surface area contributed by atoms with Crippen LogP contribution in [0.3, 0.4) is 0 Å². The molecule has 0 radical (unpaired) electrons. The number of fused-ring (bicyclic) bond motifs is 1. The van der Waals surface area contributed by atoms with Crippen LogP contribution in [0, 0.1) is 0 Å². The molecule has 2 nitrogen and oxygen atoms in total. The number of aromatic hydroxyl groups is 1. The van der Waals surface area contributed by atoms with Crippen molar-refractivity contribution in [3.63, 3.8) is 0 Å². The van der Waals surface area contributed by atoms with Crippen molar-refractivity contribution in [3.8, 4) is 5.75 Å². The van der Waals surface area contributed by atoms with Crippen molar-refractivity contribution < 1.29 is 5.11 Å². The molecular formula is C10H8ClNO. The van der Waals surface area contributed by atoms with Gasteiger partial charge in [-0.2, -0.15) is 0 Å². The first-order chi connectivity index (χ1) is 6.18. The smallest absolute Gasteiger partial charge is 0.123 e. The molecule has 2 aromatic carbocycles. The van der Waals surface area contributed by atoms with Crippen LogP contribution in [-0.4, -0.2) is 5.11 Å². The van der Waals surface area contributed by atoms with Gasteiger partial charge in [0.05, 0.1) is 0 Å². The van der Waals surface area contributed by atoms with Gasteiger partial charge in [0.2, 0.25) is 0 Å². The highest BCUT2D eigenvalue weighted by molar-refractivity contribution is 6.31. The summed E-state index contributed by atoms with van der Waals surface area (Å²) in [6.45, 7) is 0. The first-order valence-electron chi connectivity index (χ1n) is 3.85. The molecular weight excluding hydrogens is 186 g/mol. The van der Waals surface area contributed by atoms with Crippen LogP contribution in [0.1, 0.15) is 0 Å². The van der Waals surface area contributed by atoms with Crippen LogP contribution >= 0.6 is 11.6 Å². The average Bonchev–Trinajstić information content (AvgIpc) is 2.12. The summed E-state index contributed by atoms with van der Waals surface area (Å²) >= 11 is 5.81. The van der Waals surface area contributed by atoms with Crippen molar-refractivity contribution in [2.45, 2.75) is 0 Å². The lowest BCUT2D eigenvalue weighted by Crippen LogP contribution is -1.86. The van der Waals surface area contributed by atoms with Gasteiger partial charge in [0.25, 0.3) is 0 Å². The predicted molar refractivity (Wildman–Crippen MR) is 55.0 cm³/mol. The van der Waals surface area contributed by atoms with Gasteiger partial charge in [-0.15, -0.1) is 0 Å². The number of anilines is 1. The zero-order chi connectivity index (χ0) is 9.42. The van der Waals surface area contributed by atoms with E-state index in [1.54, 1.807) is 30.3 Å². The largest absolute Gasteiger partial charge is 0.507 e. The molecule has 3 heteroatoms. The number of phenolic OH excluding ortho intramolecular Hbond substituents is 1. The Hall–Kier alpha value is -1.41. The van der Waals surface area contributed by atoms with E-state index in [9.17, 15) is 5.11 Å². The van der Waals surface area contributed by atoms with Crippen LogP contribution in [0.2, 0.25) is 5.02 Å². The first kappa shape index (κ1) is 8.20. The van der Waals surface area contributed by atoms with Gasteiger partial charge >= 0.3 is 0 Å². The molecule has 0 aliphatic heterocycles. The lowest BCUT2D eigenvalue weighted by Gasteiger charge is -2.03. The Kier molecular flexibility index (Phi) is 1.78. The van der Waals surface area contributed by atoms with Crippen LogP contribution < -0.4 is 5.73 Å². The van der Waals surface area contributed by atoms with Crippen molar-refractivity contribution in [3.05, 3.63) is 35.4 Å². The highest BCUT2D eigenvalue weighted by atomic mass is 35.5. The maximum Gasteiger partial charge on any atom is 0.123 e. The van der Waals surface area contributed by atoms with Crippen molar-refractivity contribution >= 4 is 28.1 Å². The van der Waals surface area contributed by atoms with Gasteiger partial charge in [0.15, 0.2) is 0 Å². The summed E-state index contributed by atoms with van der Waals surface area (Å²) in [5.74, 6) is 0.223. The van der Waals surface area contributed by atoms with Crippen LogP contribution in [0.25, 0.3) is 10.8 Å².